The van der Waals surface area contributed by atoms with Crippen LogP contribution in [0.1, 0.15) is 150 Å². The summed E-state index contributed by atoms with van der Waals surface area (Å²) in [6.07, 6.45) is 24.2. The maximum atomic E-state index is 12.8. The van der Waals surface area contributed by atoms with Crippen molar-refractivity contribution in [3.8, 4) is 0 Å². The molecule has 0 aromatic heterocycles. The highest BCUT2D eigenvalue weighted by Gasteiger charge is 2.95. The van der Waals surface area contributed by atoms with Crippen molar-refractivity contribution in [2.45, 2.75) is 168 Å². The molecule has 0 aromatic carbocycles. The summed E-state index contributed by atoms with van der Waals surface area (Å²) in [5, 5.41) is 0. The van der Waals surface area contributed by atoms with Crippen LogP contribution in [0, 0.1) is 28.1 Å². The van der Waals surface area contributed by atoms with Gasteiger partial charge in [0.05, 0.1) is 18.1 Å². The van der Waals surface area contributed by atoms with Crippen LogP contribution in [0.25, 0.3) is 0 Å². The van der Waals surface area contributed by atoms with Crippen molar-refractivity contribution < 1.29 is 19.0 Å². The third-order valence-corrected chi connectivity index (χ3v) is 11.4. The molecule has 0 bridgehead atoms. The zero-order valence-electron chi connectivity index (χ0n) is 24.6. The second-order valence-electron chi connectivity index (χ2n) is 14.7. The van der Waals surface area contributed by atoms with Gasteiger partial charge < -0.3 is 14.2 Å². The van der Waals surface area contributed by atoms with Crippen LogP contribution in [0.15, 0.2) is 0 Å². The molecular formula is C33H56O4. The molecule has 0 radical (unpaired) electrons. The first-order chi connectivity index (χ1) is 17.8. The van der Waals surface area contributed by atoms with Crippen molar-refractivity contribution in [1.29, 1.82) is 0 Å². The predicted octanol–water partition coefficient (Wildman–Crippen LogP) is 8.75. The summed E-state index contributed by atoms with van der Waals surface area (Å²) in [5.41, 5.74) is 0.350. The number of hydrogen-bond donors (Lipinski definition) is 0. The first-order valence-electron chi connectivity index (χ1n) is 16.3. The van der Waals surface area contributed by atoms with Gasteiger partial charge >= 0.3 is 5.97 Å². The number of carbonyl (C=O) groups is 1. The number of esters is 1. The highest BCUT2D eigenvalue weighted by molar-refractivity contribution is 5.69. The van der Waals surface area contributed by atoms with Crippen LogP contribution in [0.3, 0.4) is 0 Å². The van der Waals surface area contributed by atoms with Crippen LogP contribution < -0.4 is 0 Å². The van der Waals surface area contributed by atoms with Crippen molar-refractivity contribution in [2.75, 3.05) is 6.61 Å². The van der Waals surface area contributed by atoms with Gasteiger partial charge in [-0.2, -0.15) is 0 Å². The average molecular weight is 517 g/mol. The maximum Gasteiger partial charge on any atom is 0.308 e. The molecule has 37 heavy (non-hydrogen) atoms. The molecule has 0 aromatic rings. The molecule has 2 saturated heterocycles. The summed E-state index contributed by atoms with van der Waals surface area (Å²) in [5.74, 6) is 1.28. The van der Waals surface area contributed by atoms with Gasteiger partial charge in [-0.25, -0.2) is 0 Å². The molecule has 2 spiro atoms. The number of epoxide rings is 1. The second kappa shape index (κ2) is 11.1. The van der Waals surface area contributed by atoms with Crippen LogP contribution in [0.5, 0.6) is 0 Å². The van der Waals surface area contributed by atoms with Crippen LogP contribution in [-0.4, -0.2) is 30.6 Å². The van der Waals surface area contributed by atoms with Gasteiger partial charge in [-0.15, -0.1) is 0 Å². The van der Waals surface area contributed by atoms with Gasteiger partial charge in [-0.05, 0) is 48.3 Å². The van der Waals surface area contributed by atoms with E-state index in [-0.39, 0.29) is 22.4 Å². The molecule has 0 unspecified atom stereocenters. The Labute approximate surface area is 227 Å². The molecule has 3 aliphatic carbocycles. The number of ether oxygens (including phenoxy) is 3. The summed E-state index contributed by atoms with van der Waals surface area (Å²) in [6, 6.07) is 0. The van der Waals surface area contributed by atoms with Crippen molar-refractivity contribution in [3.05, 3.63) is 0 Å². The van der Waals surface area contributed by atoms with Gasteiger partial charge in [0.25, 0.3) is 0 Å². The Morgan fingerprint density at radius 3 is 1.97 bits per heavy atom. The van der Waals surface area contributed by atoms with E-state index in [0.717, 1.165) is 19.3 Å². The minimum atomic E-state index is -0.393. The minimum absolute atomic E-state index is 0.0635. The SMILES string of the molecule is CCCCCCCCCCCCCCCCCC(=O)O[C@H]1OC[C@]23O[C@H]2[C@@H]2CC(C)(C)C[C@@H]2[C@@]2(C)C[C@@]132. The normalized spacial score (nSPS) is 40.0. The topological polar surface area (TPSA) is 48.1 Å². The van der Waals surface area contributed by atoms with E-state index in [4.69, 9.17) is 14.2 Å². The molecule has 4 heteroatoms. The summed E-state index contributed by atoms with van der Waals surface area (Å²) in [6.45, 7) is 10.2. The Morgan fingerprint density at radius 1 is 0.811 bits per heavy atom. The van der Waals surface area contributed by atoms with E-state index in [1.54, 1.807) is 0 Å². The van der Waals surface area contributed by atoms with E-state index in [1.807, 2.05) is 0 Å². The highest BCUT2D eigenvalue weighted by atomic mass is 16.7. The fourth-order valence-electron chi connectivity index (χ4n) is 9.33. The van der Waals surface area contributed by atoms with Gasteiger partial charge in [0.1, 0.15) is 5.60 Å². The van der Waals surface area contributed by atoms with Crippen LogP contribution >= 0.6 is 0 Å². The van der Waals surface area contributed by atoms with E-state index in [9.17, 15) is 4.79 Å². The van der Waals surface area contributed by atoms with Crippen molar-refractivity contribution >= 4 is 5.97 Å². The number of hydrogen-bond acceptors (Lipinski definition) is 4. The lowest BCUT2D eigenvalue weighted by atomic mass is 9.64. The molecule has 2 aliphatic heterocycles. The lowest BCUT2D eigenvalue weighted by Crippen LogP contribution is -2.46. The lowest BCUT2D eigenvalue weighted by molar-refractivity contribution is -0.182. The van der Waals surface area contributed by atoms with Crippen molar-refractivity contribution in [2.24, 2.45) is 28.1 Å². The van der Waals surface area contributed by atoms with Crippen molar-refractivity contribution in [1.82, 2.24) is 0 Å². The summed E-state index contributed by atoms with van der Waals surface area (Å²) >= 11 is 0. The Morgan fingerprint density at radius 2 is 1.38 bits per heavy atom. The second-order valence-corrected chi connectivity index (χ2v) is 14.7. The first kappa shape index (κ1) is 27.9. The van der Waals surface area contributed by atoms with Crippen LogP contribution in [-0.2, 0) is 19.0 Å². The van der Waals surface area contributed by atoms with E-state index < -0.39 is 6.29 Å². The summed E-state index contributed by atoms with van der Waals surface area (Å²) in [4.78, 5) is 12.8. The molecular weight excluding hydrogens is 460 g/mol. The summed E-state index contributed by atoms with van der Waals surface area (Å²) in [7, 11) is 0. The van der Waals surface area contributed by atoms with Gasteiger partial charge in [0, 0.05) is 6.42 Å². The number of carbonyl (C=O) groups excluding carboxylic acids is 1. The van der Waals surface area contributed by atoms with E-state index in [2.05, 4.69) is 27.7 Å². The third kappa shape index (κ3) is 5.17. The Hall–Kier alpha value is -0.610. The largest absolute Gasteiger partial charge is 0.435 e. The van der Waals surface area contributed by atoms with E-state index in [0.29, 0.717) is 36.4 Å². The Kier molecular flexibility index (Phi) is 8.39. The van der Waals surface area contributed by atoms with Gasteiger partial charge in [0.2, 0.25) is 6.29 Å². The average Bonchev–Trinajstić information content (AvgIpc) is 3.67. The molecule has 5 fully saturated rings. The molecule has 4 nitrogen and oxygen atoms in total. The zero-order chi connectivity index (χ0) is 26.2. The van der Waals surface area contributed by atoms with E-state index in [1.165, 1.54) is 96.3 Å². The van der Waals surface area contributed by atoms with Crippen molar-refractivity contribution in [3.63, 3.8) is 0 Å². The summed E-state index contributed by atoms with van der Waals surface area (Å²) < 4.78 is 18.8. The first-order valence-corrected chi connectivity index (χ1v) is 16.3. The minimum Gasteiger partial charge on any atom is -0.435 e. The molecule has 212 valence electrons. The Balaban J connectivity index is 0.928. The number of unbranched alkanes of at least 4 members (excludes halogenated alkanes) is 14. The fraction of sp³-hybridized carbons (Fsp3) is 0.970. The molecule has 0 N–H and O–H groups in total. The standard InChI is InChI=1S/C33H56O4/c1-5-6-7-8-9-10-11-12-13-14-15-16-17-18-19-20-27(34)36-29-32-23-31(32,4)26-22-30(2,3)21-25(26)28-33(32,37-28)24-35-29/h25-26,28-29H,5-24H2,1-4H3/t25-,26+,28+,29-,31-,32+,33+/m1/s1. The highest BCUT2D eigenvalue weighted by Crippen LogP contribution is 2.88. The molecule has 7 atom stereocenters. The van der Waals surface area contributed by atoms with Gasteiger partial charge in [-0.1, -0.05) is 118 Å². The Bertz CT molecular complexity index is 793. The molecule has 3 saturated carbocycles. The number of fused-ring (bicyclic) bond motifs is 3. The number of rotatable bonds is 17. The lowest BCUT2D eigenvalue weighted by Gasteiger charge is -2.37. The smallest absolute Gasteiger partial charge is 0.308 e. The monoisotopic (exact) mass is 516 g/mol. The molecule has 2 heterocycles. The maximum absolute atomic E-state index is 12.8. The zero-order valence-corrected chi connectivity index (χ0v) is 24.6. The predicted molar refractivity (Wildman–Crippen MR) is 148 cm³/mol. The van der Waals surface area contributed by atoms with E-state index >= 15 is 0 Å². The fourth-order valence-corrected chi connectivity index (χ4v) is 9.33. The van der Waals surface area contributed by atoms with Gasteiger partial charge in [0.15, 0.2) is 0 Å². The molecule has 5 aliphatic rings. The van der Waals surface area contributed by atoms with Crippen LogP contribution in [0.4, 0.5) is 0 Å². The molecule has 5 rings (SSSR count). The van der Waals surface area contributed by atoms with Crippen LogP contribution in [0.2, 0.25) is 0 Å². The molecule has 0 amide bonds. The van der Waals surface area contributed by atoms with Gasteiger partial charge in [-0.3, -0.25) is 4.79 Å². The quantitative estimate of drug-likeness (QED) is 0.110. The third-order valence-electron chi connectivity index (χ3n) is 11.4.